The lowest BCUT2D eigenvalue weighted by atomic mass is 10.2. The number of sulfonamides is 1. The van der Waals surface area contributed by atoms with Crippen LogP contribution in [-0.2, 0) is 16.6 Å². The lowest BCUT2D eigenvalue weighted by Crippen LogP contribution is -2.31. The van der Waals surface area contributed by atoms with E-state index in [1.54, 1.807) is 23.2 Å². The smallest absolute Gasteiger partial charge is 0.260 e. The normalized spacial score (nSPS) is 14.5. The van der Waals surface area contributed by atoms with E-state index in [0.29, 0.717) is 23.8 Å². The molecule has 1 aliphatic rings. The molecule has 34 heavy (non-hydrogen) atoms. The number of anilines is 1. The molecule has 0 aliphatic carbocycles. The maximum atomic E-state index is 13.6. The topological polar surface area (TPSA) is 83.5 Å². The second kappa shape index (κ2) is 9.25. The van der Waals surface area contributed by atoms with Gasteiger partial charge >= 0.3 is 0 Å². The fourth-order valence-electron chi connectivity index (χ4n) is 4.07. The summed E-state index contributed by atoms with van der Waals surface area (Å²) in [5, 5.41) is 0.578. The minimum absolute atomic E-state index is 0.206. The molecule has 0 N–H and O–H groups in total. The van der Waals surface area contributed by atoms with Gasteiger partial charge in [0.1, 0.15) is 0 Å². The number of carbonyl (C=O) groups is 1. The van der Waals surface area contributed by atoms with Crippen LogP contribution in [0.25, 0.3) is 10.2 Å². The van der Waals surface area contributed by atoms with Crippen molar-refractivity contribution >= 4 is 42.6 Å². The fourth-order valence-corrected chi connectivity index (χ4v) is 6.63. The quantitative estimate of drug-likeness (QED) is 0.392. The van der Waals surface area contributed by atoms with Gasteiger partial charge in [0.05, 0.1) is 27.4 Å². The first kappa shape index (κ1) is 22.6. The van der Waals surface area contributed by atoms with E-state index in [-0.39, 0.29) is 17.3 Å². The number of carbonyl (C=O) groups excluding carboxylic acids is 1. The number of thiazole rings is 1. The second-order valence-electron chi connectivity index (χ2n) is 8.27. The van der Waals surface area contributed by atoms with Crippen LogP contribution in [0.3, 0.4) is 0 Å². The third-order valence-corrected chi connectivity index (χ3v) is 8.89. The number of amides is 1. The summed E-state index contributed by atoms with van der Waals surface area (Å²) in [6.45, 7) is 3.33. The molecule has 4 aromatic rings. The highest BCUT2D eigenvalue weighted by molar-refractivity contribution is 7.89. The molecule has 1 fully saturated rings. The highest BCUT2D eigenvalue weighted by atomic mass is 32.2. The summed E-state index contributed by atoms with van der Waals surface area (Å²) in [6.07, 6.45) is 3.44. The number of benzene rings is 2. The van der Waals surface area contributed by atoms with Gasteiger partial charge in [-0.2, -0.15) is 4.31 Å². The molecule has 9 heteroatoms. The van der Waals surface area contributed by atoms with Gasteiger partial charge in [-0.05, 0) is 67.8 Å². The Morgan fingerprint density at radius 1 is 1.03 bits per heavy atom. The summed E-state index contributed by atoms with van der Waals surface area (Å²) >= 11 is 1.45. The monoisotopic (exact) mass is 492 g/mol. The van der Waals surface area contributed by atoms with E-state index in [1.165, 1.54) is 27.8 Å². The van der Waals surface area contributed by atoms with Crippen LogP contribution >= 0.6 is 11.3 Å². The molecule has 3 heterocycles. The number of aromatic nitrogens is 2. The Morgan fingerprint density at radius 2 is 1.79 bits per heavy atom. The molecule has 0 atom stereocenters. The number of pyridine rings is 1. The van der Waals surface area contributed by atoms with Crippen LogP contribution in [0.1, 0.15) is 34.5 Å². The number of aryl methyl sites for hydroxylation is 1. The van der Waals surface area contributed by atoms with Crippen molar-refractivity contribution in [2.45, 2.75) is 31.2 Å². The summed E-state index contributed by atoms with van der Waals surface area (Å²) < 4.78 is 28.2. The molecule has 7 nitrogen and oxygen atoms in total. The highest BCUT2D eigenvalue weighted by Crippen LogP contribution is 2.32. The first-order valence-electron chi connectivity index (χ1n) is 11.1. The Balaban J connectivity index is 1.49. The van der Waals surface area contributed by atoms with Crippen molar-refractivity contribution in [1.82, 2.24) is 14.3 Å². The number of nitrogens with zero attached hydrogens (tertiary/aromatic N) is 4. The van der Waals surface area contributed by atoms with Crippen LogP contribution in [0.15, 0.2) is 71.8 Å². The van der Waals surface area contributed by atoms with Gasteiger partial charge in [0.25, 0.3) is 5.91 Å². The van der Waals surface area contributed by atoms with Crippen molar-refractivity contribution in [3.63, 3.8) is 0 Å². The van der Waals surface area contributed by atoms with Crippen molar-refractivity contribution in [3.8, 4) is 0 Å². The van der Waals surface area contributed by atoms with Crippen molar-refractivity contribution in [2.75, 3.05) is 18.0 Å². The van der Waals surface area contributed by atoms with Gasteiger partial charge in [0.15, 0.2) is 5.13 Å². The molecule has 1 saturated heterocycles. The zero-order valence-electron chi connectivity index (χ0n) is 18.7. The summed E-state index contributed by atoms with van der Waals surface area (Å²) in [4.78, 5) is 24.6. The molecule has 0 saturated carbocycles. The largest absolute Gasteiger partial charge is 0.278 e. The zero-order chi connectivity index (χ0) is 23.7. The summed E-state index contributed by atoms with van der Waals surface area (Å²) in [6, 6.07) is 17.7. The number of hydrogen-bond donors (Lipinski definition) is 0. The standard InChI is InChI=1S/C25H24N4O3S2/c1-18-7-6-9-22-23(18)27-25(33-22)29(17-20-8-2-3-14-26-20)24(30)19-10-12-21(13-11-19)34(31,32)28-15-4-5-16-28/h2-3,6-14H,4-5,15-17H2,1H3. The van der Waals surface area contributed by atoms with Crippen LogP contribution in [0.4, 0.5) is 5.13 Å². The van der Waals surface area contributed by atoms with Crippen LogP contribution < -0.4 is 4.90 Å². The van der Waals surface area contributed by atoms with Crippen molar-refractivity contribution < 1.29 is 13.2 Å². The van der Waals surface area contributed by atoms with Crippen molar-refractivity contribution in [2.24, 2.45) is 0 Å². The van der Waals surface area contributed by atoms with Gasteiger partial charge in [-0.1, -0.05) is 29.5 Å². The van der Waals surface area contributed by atoms with Gasteiger partial charge in [0.2, 0.25) is 10.0 Å². The average molecular weight is 493 g/mol. The van der Waals surface area contributed by atoms with Gasteiger partial charge in [-0.15, -0.1) is 0 Å². The first-order chi connectivity index (χ1) is 16.4. The predicted molar refractivity (Wildman–Crippen MR) is 134 cm³/mol. The Labute approximate surface area is 202 Å². The van der Waals surface area contributed by atoms with Crippen LogP contribution in [0.2, 0.25) is 0 Å². The van der Waals surface area contributed by atoms with E-state index in [2.05, 4.69) is 4.98 Å². The minimum Gasteiger partial charge on any atom is -0.278 e. The molecule has 0 bridgehead atoms. The maximum Gasteiger partial charge on any atom is 0.260 e. The first-order valence-corrected chi connectivity index (χ1v) is 13.4. The lowest BCUT2D eigenvalue weighted by molar-refractivity contribution is 0.0984. The molecular formula is C25H24N4O3S2. The van der Waals surface area contributed by atoms with Gasteiger partial charge in [-0.25, -0.2) is 13.4 Å². The summed E-state index contributed by atoms with van der Waals surface area (Å²) in [7, 11) is -3.54. The minimum atomic E-state index is -3.54. The van der Waals surface area contributed by atoms with Gasteiger partial charge < -0.3 is 0 Å². The van der Waals surface area contributed by atoms with E-state index in [1.807, 2.05) is 43.3 Å². The van der Waals surface area contributed by atoms with Crippen LogP contribution in [0, 0.1) is 6.92 Å². The van der Waals surface area contributed by atoms with E-state index >= 15 is 0 Å². The molecule has 2 aromatic heterocycles. The zero-order valence-corrected chi connectivity index (χ0v) is 20.3. The lowest BCUT2D eigenvalue weighted by Gasteiger charge is -2.20. The Kier molecular flexibility index (Phi) is 6.16. The predicted octanol–water partition coefficient (Wildman–Crippen LogP) is 4.63. The molecule has 1 amide bonds. The number of rotatable bonds is 6. The second-order valence-corrected chi connectivity index (χ2v) is 11.2. The van der Waals surface area contributed by atoms with E-state index in [0.717, 1.165) is 34.3 Å². The number of hydrogen-bond acceptors (Lipinski definition) is 6. The van der Waals surface area contributed by atoms with Crippen molar-refractivity contribution in [3.05, 3.63) is 83.7 Å². The Bertz CT molecular complexity index is 1430. The van der Waals surface area contributed by atoms with Crippen molar-refractivity contribution in [1.29, 1.82) is 0 Å². The number of fused-ring (bicyclic) bond motifs is 1. The molecule has 174 valence electrons. The Morgan fingerprint density at radius 3 is 2.47 bits per heavy atom. The molecule has 1 aliphatic heterocycles. The fraction of sp³-hybridized carbons (Fsp3) is 0.240. The third kappa shape index (κ3) is 4.34. The van der Waals surface area contributed by atoms with Crippen LogP contribution in [0.5, 0.6) is 0 Å². The molecular weight excluding hydrogens is 468 g/mol. The van der Waals surface area contributed by atoms with E-state index < -0.39 is 10.0 Å². The highest BCUT2D eigenvalue weighted by Gasteiger charge is 2.28. The van der Waals surface area contributed by atoms with E-state index in [4.69, 9.17) is 4.98 Å². The summed E-state index contributed by atoms with van der Waals surface area (Å²) in [5.74, 6) is -0.257. The average Bonchev–Trinajstić information content (AvgIpc) is 3.54. The summed E-state index contributed by atoms with van der Waals surface area (Å²) in [5.41, 5.74) is 3.04. The van der Waals surface area contributed by atoms with Gasteiger partial charge in [-0.3, -0.25) is 14.7 Å². The third-order valence-electron chi connectivity index (χ3n) is 5.94. The Hall–Kier alpha value is -3.14. The van der Waals surface area contributed by atoms with E-state index in [9.17, 15) is 13.2 Å². The molecule has 0 unspecified atom stereocenters. The SMILES string of the molecule is Cc1cccc2sc(N(Cc3ccccn3)C(=O)c3ccc(S(=O)(=O)N4CCCC4)cc3)nc12. The molecule has 0 spiro atoms. The number of para-hydroxylation sites is 1. The molecule has 0 radical (unpaired) electrons. The van der Waals surface area contributed by atoms with Crippen LogP contribution in [-0.4, -0.2) is 41.7 Å². The molecule has 5 rings (SSSR count). The molecule has 2 aromatic carbocycles. The maximum absolute atomic E-state index is 13.6. The van der Waals surface area contributed by atoms with Gasteiger partial charge in [0, 0.05) is 24.8 Å².